The van der Waals surface area contributed by atoms with Crippen LogP contribution < -0.4 is 30.1 Å². The maximum Gasteiger partial charge on any atom is 0.421 e. The van der Waals surface area contributed by atoms with Crippen LogP contribution in [-0.4, -0.2) is 105 Å². The van der Waals surface area contributed by atoms with E-state index in [0.29, 0.717) is 35.9 Å². The first-order valence-electron chi connectivity index (χ1n) is 19.2. The highest BCUT2D eigenvalue weighted by Gasteiger charge is 2.35. The van der Waals surface area contributed by atoms with Crippen molar-refractivity contribution in [1.82, 2.24) is 25.1 Å². The van der Waals surface area contributed by atoms with Gasteiger partial charge in [0.05, 0.1) is 11.9 Å². The summed E-state index contributed by atoms with van der Waals surface area (Å²) in [6.45, 7) is 6.99. The number of nitrogens with one attached hydrogen (secondary N) is 3. The molecule has 0 bridgehead atoms. The fourth-order valence-electron chi connectivity index (χ4n) is 7.53. The van der Waals surface area contributed by atoms with Crippen LogP contribution in [0.15, 0.2) is 79.0 Å². The molecule has 3 amide bonds. The van der Waals surface area contributed by atoms with Crippen molar-refractivity contribution in [3.05, 3.63) is 95.7 Å². The Labute approximate surface area is 336 Å². The first-order valence-corrected chi connectivity index (χ1v) is 21.0. The van der Waals surface area contributed by atoms with Gasteiger partial charge in [-0.15, -0.1) is 0 Å². The quantitative estimate of drug-likeness (QED) is 0.167. The highest BCUT2D eigenvalue weighted by molar-refractivity contribution is 7.92. The molecule has 58 heavy (non-hydrogen) atoms. The molecule has 3 aromatic carbocycles. The molecule has 0 saturated carbocycles. The van der Waals surface area contributed by atoms with Gasteiger partial charge in [0.15, 0.2) is 0 Å². The molecule has 0 unspecified atom stereocenters. The van der Waals surface area contributed by atoms with Gasteiger partial charge in [0.1, 0.15) is 11.4 Å². The van der Waals surface area contributed by atoms with Gasteiger partial charge < -0.3 is 15.5 Å². The summed E-state index contributed by atoms with van der Waals surface area (Å²) in [6, 6.07) is 22.3. The highest BCUT2D eigenvalue weighted by Crippen LogP contribution is 2.35. The number of anilines is 6. The van der Waals surface area contributed by atoms with Crippen molar-refractivity contribution in [2.45, 2.75) is 44.6 Å². The fraction of sp³-hybridized carbons (Fsp3) is 0.400. The maximum atomic E-state index is 13.9. The van der Waals surface area contributed by atoms with Crippen LogP contribution in [0.25, 0.3) is 0 Å². The number of carbonyl (C=O) groups is 2. The molecule has 0 spiro atoms. The number of urea groups is 1. The Morgan fingerprint density at radius 1 is 0.879 bits per heavy atom. The number of benzene rings is 3. The molecule has 4 heterocycles. The van der Waals surface area contributed by atoms with E-state index >= 15 is 0 Å². The second-order valence-corrected chi connectivity index (χ2v) is 16.8. The summed E-state index contributed by atoms with van der Waals surface area (Å²) in [6.07, 6.45) is -0.488. The largest absolute Gasteiger partial charge is 0.421 e. The number of nitrogens with zero attached hydrogens (tertiary/aromatic N) is 7. The SMILES string of the molecule is CN(c1cccc(CNc2nc(Nc3ccc(N4CCC(N5CCN(Cc6ccc(N7CCC(=O)NC7=O)cc6)CC5)CC4)cc3)ncc2C(F)(F)F)c1)S(C)(=O)=O. The van der Waals surface area contributed by atoms with Crippen LogP contribution in [0.3, 0.4) is 0 Å². The first kappa shape index (κ1) is 40.7. The molecule has 3 fully saturated rings. The van der Waals surface area contributed by atoms with Crippen LogP contribution in [0.1, 0.15) is 36.0 Å². The van der Waals surface area contributed by atoms with E-state index in [1.54, 1.807) is 29.2 Å². The Morgan fingerprint density at radius 3 is 2.22 bits per heavy atom. The number of alkyl halides is 3. The topological polar surface area (TPSA) is 146 Å². The molecule has 4 aromatic rings. The molecule has 7 rings (SSSR count). The summed E-state index contributed by atoms with van der Waals surface area (Å²) in [5.41, 5.74) is 3.60. The Hall–Kier alpha value is -5.46. The van der Waals surface area contributed by atoms with E-state index in [-0.39, 0.29) is 24.4 Å². The van der Waals surface area contributed by atoms with Gasteiger partial charge in [-0.3, -0.25) is 29.1 Å². The van der Waals surface area contributed by atoms with E-state index in [1.807, 2.05) is 36.4 Å². The Morgan fingerprint density at radius 2 is 1.57 bits per heavy atom. The van der Waals surface area contributed by atoms with Crippen molar-refractivity contribution in [2.24, 2.45) is 0 Å². The Kier molecular flexibility index (Phi) is 12.1. The van der Waals surface area contributed by atoms with Crippen molar-refractivity contribution in [3.8, 4) is 0 Å². The molecule has 0 radical (unpaired) electrons. The lowest BCUT2D eigenvalue weighted by Gasteiger charge is -2.43. The predicted octanol–water partition coefficient (Wildman–Crippen LogP) is 5.48. The minimum Gasteiger partial charge on any atom is -0.371 e. The third kappa shape index (κ3) is 9.97. The lowest BCUT2D eigenvalue weighted by molar-refractivity contribution is -0.137. The van der Waals surface area contributed by atoms with Gasteiger partial charge in [0.25, 0.3) is 0 Å². The number of hydrogen-bond acceptors (Lipinski definition) is 11. The summed E-state index contributed by atoms with van der Waals surface area (Å²) < 4.78 is 66.8. The van der Waals surface area contributed by atoms with E-state index in [2.05, 4.69) is 52.8 Å². The number of halogens is 3. The average Bonchev–Trinajstić information content (AvgIpc) is 3.20. The lowest BCUT2D eigenvalue weighted by atomic mass is 10.0. The smallest absolute Gasteiger partial charge is 0.371 e. The zero-order valence-electron chi connectivity index (χ0n) is 32.4. The minimum atomic E-state index is -4.70. The number of aromatic nitrogens is 2. The number of imide groups is 1. The number of hydrogen-bond donors (Lipinski definition) is 3. The summed E-state index contributed by atoms with van der Waals surface area (Å²) in [5, 5.41) is 8.15. The summed E-state index contributed by atoms with van der Waals surface area (Å²) in [4.78, 5) is 40.8. The van der Waals surface area contributed by atoms with Crippen LogP contribution in [0.5, 0.6) is 0 Å². The molecule has 3 aliphatic rings. The monoisotopic (exact) mass is 820 g/mol. The van der Waals surface area contributed by atoms with Crippen LogP contribution in [-0.2, 0) is 34.1 Å². The third-order valence-electron chi connectivity index (χ3n) is 10.9. The maximum absolute atomic E-state index is 13.9. The molecule has 14 nitrogen and oxygen atoms in total. The van der Waals surface area contributed by atoms with Crippen molar-refractivity contribution < 1.29 is 31.2 Å². The number of rotatable bonds is 12. The predicted molar refractivity (Wildman–Crippen MR) is 218 cm³/mol. The van der Waals surface area contributed by atoms with E-state index in [9.17, 15) is 31.2 Å². The number of piperazine rings is 1. The van der Waals surface area contributed by atoms with Crippen molar-refractivity contribution in [2.75, 3.05) is 83.9 Å². The van der Waals surface area contributed by atoms with Gasteiger partial charge in [0.2, 0.25) is 21.9 Å². The number of amides is 3. The van der Waals surface area contributed by atoms with Crippen molar-refractivity contribution in [3.63, 3.8) is 0 Å². The van der Waals surface area contributed by atoms with Gasteiger partial charge in [-0.05, 0) is 72.5 Å². The molecule has 308 valence electrons. The van der Waals surface area contributed by atoms with E-state index < -0.39 is 27.6 Å². The van der Waals surface area contributed by atoms with Crippen LogP contribution in [0.2, 0.25) is 0 Å². The molecule has 3 N–H and O–H groups in total. The molecule has 3 saturated heterocycles. The Bertz CT molecular complexity index is 2190. The molecule has 18 heteroatoms. The van der Waals surface area contributed by atoms with Crippen LogP contribution in [0.4, 0.5) is 52.5 Å². The van der Waals surface area contributed by atoms with E-state index in [1.165, 1.54) is 12.6 Å². The first-order chi connectivity index (χ1) is 27.7. The lowest BCUT2D eigenvalue weighted by Crippen LogP contribution is -2.53. The highest BCUT2D eigenvalue weighted by atomic mass is 32.2. The molecule has 0 aliphatic carbocycles. The number of carbonyl (C=O) groups excluding carboxylic acids is 2. The summed E-state index contributed by atoms with van der Waals surface area (Å²) in [7, 11) is -2.11. The molecule has 0 atom stereocenters. The third-order valence-corrected chi connectivity index (χ3v) is 12.1. The van der Waals surface area contributed by atoms with Gasteiger partial charge in [-0.2, -0.15) is 18.2 Å². The van der Waals surface area contributed by atoms with Gasteiger partial charge in [0, 0.05) is 102 Å². The van der Waals surface area contributed by atoms with E-state index in [0.717, 1.165) is 86.8 Å². The van der Waals surface area contributed by atoms with E-state index in [4.69, 9.17) is 0 Å². The molecule has 3 aliphatic heterocycles. The van der Waals surface area contributed by atoms with Crippen molar-refractivity contribution >= 4 is 56.5 Å². The normalized spacial score (nSPS) is 17.6. The van der Waals surface area contributed by atoms with Gasteiger partial charge in [-0.25, -0.2) is 18.2 Å². The number of piperidine rings is 1. The zero-order chi connectivity index (χ0) is 41.0. The van der Waals surface area contributed by atoms with Gasteiger partial charge in [-0.1, -0.05) is 24.3 Å². The molecular formula is C40H47F3N10O4S. The summed E-state index contributed by atoms with van der Waals surface area (Å²) in [5.74, 6) is -0.645. The van der Waals surface area contributed by atoms with Gasteiger partial charge >= 0.3 is 12.2 Å². The molecular weight excluding hydrogens is 774 g/mol. The summed E-state index contributed by atoms with van der Waals surface area (Å²) >= 11 is 0. The van der Waals surface area contributed by atoms with Crippen molar-refractivity contribution in [1.29, 1.82) is 0 Å². The minimum absolute atomic E-state index is 0.00407. The standard InChI is InChI=1S/C40H47F3N10O4S/c1-49(58(2,56)57)34-5-3-4-29(24-34)25-44-37-35(40(41,42)43)26-45-38(48-37)46-30-8-12-31(13-9-30)51-17-14-32(15-18-51)52-22-20-50(21-23-52)27-28-6-10-33(11-7-28)53-19-16-36(54)47-39(53)55/h3-13,24,26,32H,14-23,25,27H2,1-2H3,(H,47,54,55)(H2,44,45,46,48). The fourth-order valence-corrected chi connectivity index (χ4v) is 8.03. The molecule has 1 aromatic heterocycles. The second kappa shape index (κ2) is 17.2. The van der Waals surface area contributed by atoms with Crippen LogP contribution in [0, 0.1) is 0 Å². The average molecular weight is 821 g/mol. The zero-order valence-corrected chi connectivity index (χ0v) is 33.2. The van der Waals surface area contributed by atoms with Crippen LogP contribution >= 0.6 is 0 Å². The number of sulfonamides is 1. The Balaban J connectivity index is 0.882. The second-order valence-electron chi connectivity index (χ2n) is 14.8.